The Kier molecular flexibility index (Phi) is 24.2. The number of hydrogen-bond donors (Lipinski definition) is 1. The second-order valence-electron chi connectivity index (χ2n) is 9.12. The Morgan fingerprint density at radius 1 is 0.756 bits per heavy atom. The molecule has 0 saturated carbocycles. The van der Waals surface area contributed by atoms with Crippen LogP contribution in [0, 0.1) is 0 Å². The number of hydrogen-bond acceptors (Lipinski definition) is 11. The van der Waals surface area contributed by atoms with Gasteiger partial charge >= 0.3 is 0 Å². The fourth-order valence-corrected chi connectivity index (χ4v) is 5.07. The van der Waals surface area contributed by atoms with Crippen molar-refractivity contribution in [3.05, 3.63) is 0 Å². The zero-order valence-electron chi connectivity index (χ0n) is 25.2. The van der Waals surface area contributed by atoms with Crippen LogP contribution in [0.2, 0.25) is 0 Å². The fourth-order valence-electron chi connectivity index (χ4n) is 3.74. The van der Waals surface area contributed by atoms with E-state index in [1.54, 1.807) is 11.8 Å². The molecule has 12 nitrogen and oxygen atoms in total. The molecule has 0 aromatic heterocycles. The summed E-state index contributed by atoms with van der Waals surface area (Å²) in [5.74, 6) is -0.579. The lowest BCUT2D eigenvalue weighted by atomic mass is 10.3. The van der Waals surface area contributed by atoms with Crippen molar-refractivity contribution in [2.75, 3.05) is 106 Å². The van der Waals surface area contributed by atoms with Crippen LogP contribution in [0.25, 0.3) is 0 Å². The third-order valence-electron chi connectivity index (χ3n) is 6.04. The van der Waals surface area contributed by atoms with Crippen LogP contribution in [0.3, 0.4) is 0 Å². The van der Waals surface area contributed by atoms with Crippen molar-refractivity contribution < 1.29 is 47.5 Å². The van der Waals surface area contributed by atoms with Crippen LogP contribution < -0.4 is 5.32 Å². The van der Waals surface area contributed by atoms with E-state index in [0.29, 0.717) is 104 Å². The first kappa shape index (κ1) is 37.7. The quantitative estimate of drug-likeness (QED) is 0.0983. The zero-order valence-corrected chi connectivity index (χ0v) is 26.1. The number of likely N-dealkylation sites (tertiary alicyclic amines) is 1. The number of carbonyl (C=O) groups excluding carboxylic acids is 3. The summed E-state index contributed by atoms with van der Waals surface area (Å²) in [5.41, 5.74) is 0. The first-order chi connectivity index (χ1) is 20.0. The lowest BCUT2D eigenvalue weighted by Gasteiger charge is -2.17. The molecule has 0 aromatic rings. The maximum absolute atomic E-state index is 12.6. The molecule has 1 fully saturated rings. The second-order valence-corrected chi connectivity index (χ2v) is 10.6. The second kappa shape index (κ2) is 26.3. The Hall–Kier alpha value is -1.32. The van der Waals surface area contributed by atoms with Crippen molar-refractivity contribution in [1.82, 2.24) is 10.2 Å². The summed E-state index contributed by atoms with van der Waals surface area (Å²) in [6, 6.07) is 0. The van der Waals surface area contributed by atoms with E-state index in [2.05, 4.69) is 19.2 Å². The van der Waals surface area contributed by atoms with Gasteiger partial charge in [-0.1, -0.05) is 13.8 Å². The van der Waals surface area contributed by atoms with Gasteiger partial charge < -0.3 is 38.5 Å². The van der Waals surface area contributed by atoms with Gasteiger partial charge in [0.15, 0.2) is 0 Å². The minimum atomic E-state index is -0.324. The molecule has 1 saturated heterocycles. The summed E-state index contributed by atoms with van der Waals surface area (Å²) in [5, 5.41) is 2.80. The highest BCUT2D eigenvalue weighted by Crippen LogP contribution is 2.31. The highest BCUT2D eigenvalue weighted by Gasteiger charge is 2.39. The molecule has 0 aliphatic carbocycles. The minimum Gasteiger partial charge on any atom is -0.379 e. The van der Waals surface area contributed by atoms with Gasteiger partial charge in [-0.2, -0.15) is 0 Å². The molecule has 1 heterocycles. The van der Waals surface area contributed by atoms with E-state index < -0.39 is 0 Å². The van der Waals surface area contributed by atoms with Crippen molar-refractivity contribution in [3.8, 4) is 0 Å². The number of imide groups is 1. The lowest BCUT2D eigenvalue weighted by molar-refractivity contribution is -0.138. The van der Waals surface area contributed by atoms with Crippen molar-refractivity contribution in [3.63, 3.8) is 0 Å². The van der Waals surface area contributed by atoms with E-state index in [0.717, 1.165) is 12.8 Å². The molecule has 13 heteroatoms. The van der Waals surface area contributed by atoms with Gasteiger partial charge in [-0.05, 0) is 19.8 Å². The summed E-state index contributed by atoms with van der Waals surface area (Å²) in [6.07, 6.45) is 2.24. The number of carbonyl (C=O) groups is 3. The SMILES string of the molecule is CCOCCOCCOCCOCCOCCOCCOCCNC(=O)CCN1C(=O)CC(SC(CC)CC)C1=O. The van der Waals surface area contributed by atoms with Gasteiger partial charge in [0.2, 0.25) is 17.7 Å². The number of nitrogens with zero attached hydrogens (tertiary/aromatic N) is 1. The van der Waals surface area contributed by atoms with Crippen LogP contribution in [-0.2, 0) is 47.5 Å². The smallest absolute Gasteiger partial charge is 0.242 e. The summed E-state index contributed by atoms with van der Waals surface area (Å²) >= 11 is 1.58. The molecule has 1 N–H and O–H groups in total. The van der Waals surface area contributed by atoms with Crippen LogP contribution >= 0.6 is 11.8 Å². The van der Waals surface area contributed by atoms with Crippen molar-refractivity contribution >= 4 is 29.5 Å². The van der Waals surface area contributed by atoms with Crippen LogP contribution in [0.4, 0.5) is 0 Å². The van der Waals surface area contributed by atoms with Crippen molar-refractivity contribution in [2.45, 2.75) is 57.0 Å². The summed E-state index contributed by atoms with van der Waals surface area (Å²) in [7, 11) is 0. The maximum Gasteiger partial charge on any atom is 0.242 e. The van der Waals surface area contributed by atoms with Crippen molar-refractivity contribution in [2.24, 2.45) is 0 Å². The molecule has 1 aliphatic rings. The van der Waals surface area contributed by atoms with E-state index in [4.69, 9.17) is 33.2 Å². The molecule has 240 valence electrons. The monoisotopic (exact) mass is 608 g/mol. The van der Waals surface area contributed by atoms with E-state index in [-0.39, 0.29) is 42.4 Å². The predicted molar refractivity (Wildman–Crippen MR) is 156 cm³/mol. The van der Waals surface area contributed by atoms with E-state index in [1.807, 2.05) is 6.92 Å². The van der Waals surface area contributed by atoms with Crippen LogP contribution in [0.1, 0.15) is 46.5 Å². The van der Waals surface area contributed by atoms with Gasteiger partial charge in [-0.25, -0.2) is 0 Å². The summed E-state index contributed by atoms with van der Waals surface area (Å²) in [4.78, 5) is 38.1. The molecule has 1 unspecified atom stereocenters. The molecule has 0 spiro atoms. The first-order valence-electron chi connectivity index (χ1n) is 14.8. The highest BCUT2D eigenvalue weighted by atomic mass is 32.2. The topological polar surface area (TPSA) is 131 Å². The molecule has 1 rings (SSSR count). The third kappa shape index (κ3) is 19.5. The average molecular weight is 609 g/mol. The zero-order chi connectivity index (χ0) is 30.0. The Balaban J connectivity index is 1.84. The van der Waals surface area contributed by atoms with Gasteiger partial charge in [-0.3, -0.25) is 19.3 Å². The molecular formula is C28H52N2O10S. The predicted octanol–water partition coefficient (Wildman–Crippen LogP) is 1.68. The van der Waals surface area contributed by atoms with E-state index >= 15 is 0 Å². The van der Waals surface area contributed by atoms with Gasteiger partial charge in [0, 0.05) is 37.8 Å². The molecule has 0 bridgehead atoms. The molecule has 1 atom stereocenters. The van der Waals surface area contributed by atoms with Gasteiger partial charge in [0.05, 0.1) is 91.1 Å². The van der Waals surface area contributed by atoms with Crippen molar-refractivity contribution in [1.29, 1.82) is 0 Å². The van der Waals surface area contributed by atoms with Gasteiger partial charge in [0.1, 0.15) is 0 Å². The Labute approximate surface area is 249 Å². The van der Waals surface area contributed by atoms with E-state index in [9.17, 15) is 14.4 Å². The minimum absolute atomic E-state index is 0.0902. The average Bonchev–Trinajstić information content (AvgIpc) is 3.24. The normalized spacial score (nSPS) is 15.4. The highest BCUT2D eigenvalue weighted by molar-refractivity contribution is 8.01. The standard InChI is InChI=1S/C28H52N2O10S/c1-4-24(5-2)41-25-23-27(32)30(28(25)33)9-7-26(31)29-8-10-35-13-14-37-17-18-39-21-22-40-20-19-38-16-15-36-12-11-34-6-3/h24-25H,4-23H2,1-3H3,(H,29,31). The number of rotatable bonds is 29. The Morgan fingerprint density at radius 3 is 1.63 bits per heavy atom. The third-order valence-corrected chi connectivity index (χ3v) is 7.79. The number of ether oxygens (including phenoxy) is 7. The molecule has 0 radical (unpaired) electrons. The summed E-state index contributed by atoms with van der Waals surface area (Å²) in [6.45, 7) is 13.7. The molecule has 0 aromatic carbocycles. The maximum atomic E-state index is 12.6. The first-order valence-corrected chi connectivity index (χ1v) is 15.8. The van der Waals surface area contributed by atoms with Gasteiger partial charge in [0.25, 0.3) is 0 Å². The molecule has 41 heavy (non-hydrogen) atoms. The molecular weight excluding hydrogens is 556 g/mol. The Morgan fingerprint density at radius 2 is 1.20 bits per heavy atom. The van der Waals surface area contributed by atoms with Gasteiger partial charge in [-0.15, -0.1) is 11.8 Å². The summed E-state index contributed by atoms with van der Waals surface area (Å²) < 4.78 is 37.7. The fraction of sp³-hybridized carbons (Fsp3) is 0.893. The Bertz CT molecular complexity index is 684. The number of thioether (sulfide) groups is 1. The van der Waals surface area contributed by atoms with Crippen LogP contribution in [0.5, 0.6) is 0 Å². The number of amides is 3. The van der Waals surface area contributed by atoms with Crippen LogP contribution in [-0.4, -0.2) is 139 Å². The largest absolute Gasteiger partial charge is 0.379 e. The van der Waals surface area contributed by atoms with Crippen LogP contribution in [0.15, 0.2) is 0 Å². The van der Waals surface area contributed by atoms with E-state index in [1.165, 1.54) is 4.90 Å². The molecule has 3 amide bonds. The lowest BCUT2D eigenvalue weighted by Crippen LogP contribution is -2.36. The number of nitrogens with one attached hydrogen (secondary N) is 1. The molecule has 1 aliphatic heterocycles.